The Morgan fingerprint density at radius 3 is 2.48 bits per heavy atom. The Bertz CT molecular complexity index is 522. The molecule has 1 N–H and O–H groups in total. The topological polar surface area (TPSA) is 51.7 Å². The van der Waals surface area contributed by atoms with Crippen molar-refractivity contribution in [1.82, 2.24) is 20.1 Å². The second-order valence-corrected chi connectivity index (χ2v) is 6.77. The molecule has 0 aliphatic carbocycles. The molecule has 2 aliphatic heterocycles. The maximum atomic E-state index is 12.4. The molecule has 2 amide bonds. The number of piperazine rings is 1. The number of pyridine rings is 1. The summed E-state index contributed by atoms with van der Waals surface area (Å²) in [6.45, 7) is 5.17. The summed E-state index contributed by atoms with van der Waals surface area (Å²) in [4.78, 5) is 23.1. The number of nitrogens with zero attached hydrogens (tertiary/aromatic N) is 4. The summed E-state index contributed by atoms with van der Waals surface area (Å²) in [6.07, 6.45) is 3.74. The largest absolute Gasteiger partial charge is 0.353 e. The first-order valence-electron chi connectivity index (χ1n) is 8.22. The van der Waals surface area contributed by atoms with E-state index >= 15 is 0 Å². The number of nitrogens with one attached hydrogen (secondary N) is 1. The minimum atomic E-state index is 0.0725. The van der Waals surface area contributed by atoms with E-state index in [2.05, 4.69) is 27.1 Å². The molecule has 0 saturated carbocycles. The standard InChI is InChI=1S/C16H24ClN5O/c1-20-6-4-14(5-7-20)19-16(23)22-10-8-21(9-11-22)15-3-2-13(17)12-18-15/h2-3,12,14H,4-11H2,1H3,(H,19,23). The summed E-state index contributed by atoms with van der Waals surface area (Å²) < 4.78 is 0. The SMILES string of the molecule is CN1CCC(NC(=O)N2CCN(c3ccc(Cl)cn3)CC2)CC1. The summed E-state index contributed by atoms with van der Waals surface area (Å²) in [5.74, 6) is 0.921. The van der Waals surface area contributed by atoms with Gasteiger partial charge in [-0.25, -0.2) is 9.78 Å². The van der Waals surface area contributed by atoms with Crippen molar-refractivity contribution in [3.05, 3.63) is 23.4 Å². The van der Waals surface area contributed by atoms with Crippen molar-refractivity contribution < 1.29 is 4.79 Å². The van der Waals surface area contributed by atoms with E-state index in [1.54, 1.807) is 6.20 Å². The molecular formula is C16H24ClN5O. The number of halogens is 1. The molecule has 7 heteroatoms. The van der Waals surface area contributed by atoms with Crippen molar-refractivity contribution in [2.24, 2.45) is 0 Å². The van der Waals surface area contributed by atoms with Gasteiger partial charge in [0.2, 0.25) is 0 Å². The third-order valence-electron chi connectivity index (χ3n) is 4.65. The normalized spacial score (nSPS) is 20.6. The fourth-order valence-electron chi connectivity index (χ4n) is 3.11. The fraction of sp³-hybridized carbons (Fsp3) is 0.625. The highest BCUT2D eigenvalue weighted by atomic mass is 35.5. The van der Waals surface area contributed by atoms with Crippen LogP contribution in [0.3, 0.4) is 0 Å². The van der Waals surface area contributed by atoms with Gasteiger partial charge in [-0.1, -0.05) is 11.6 Å². The first-order chi connectivity index (χ1) is 11.1. The Labute approximate surface area is 142 Å². The quantitative estimate of drug-likeness (QED) is 0.891. The fourth-order valence-corrected chi connectivity index (χ4v) is 3.22. The van der Waals surface area contributed by atoms with Gasteiger partial charge in [-0.15, -0.1) is 0 Å². The highest BCUT2D eigenvalue weighted by Crippen LogP contribution is 2.16. The van der Waals surface area contributed by atoms with Crippen molar-refractivity contribution >= 4 is 23.4 Å². The summed E-state index contributed by atoms with van der Waals surface area (Å²) in [5.41, 5.74) is 0. The first kappa shape index (κ1) is 16.3. The average molecular weight is 338 g/mol. The average Bonchev–Trinajstić information content (AvgIpc) is 2.58. The lowest BCUT2D eigenvalue weighted by Gasteiger charge is -2.37. The van der Waals surface area contributed by atoms with Crippen LogP contribution in [-0.2, 0) is 0 Å². The molecule has 2 fully saturated rings. The van der Waals surface area contributed by atoms with Crippen molar-refractivity contribution in [3.8, 4) is 0 Å². The predicted molar refractivity (Wildman–Crippen MR) is 92.1 cm³/mol. The summed E-state index contributed by atoms with van der Waals surface area (Å²) >= 11 is 5.87. The number of rotatable bonds is 2. The minimum Gasteiger partial charge on any atom is -0.353 e. The van der Waals surface area contributed by atoms with Crippen LogP contribution in [0.25, 0.3) is 0 Å². The number of hydrogen-bond donors (Lipinski definition) is 1. The van der Waals surface area contributed by atoms with Gasteiger partial charge in [-0.2, -0.15) is 0 Å². The Kier molecular flexibility index (Phi) is 5.23. The van der Waals surface area contributed by atoms with E-state index in [9.17, 15) is 4.79 Å². The number of urea groups is 1. The van der Waals surface area contributed by atoms with Crippen LogP contribution in [0.15, 0.2) is 18.3 Å². The van der Waals surface area contributed by atoms with E-state index in [0.717, 1.165) is 57.9 Å². The second-order valence-electron chi connectivity index (χ2n) is 6.34. The van der Waals surface area contributed by atoms with E-state index in [1.807, 2.05) is 17.0 Å². The van der Waals surface area contributed by atoms with Crippen molar-refractivity contribution in [1.29, 1.82) is 0 Å². The van der Waals surface area contributed by atoms with Gasteiger partial charge < -0.3 is 20.0 Å². The number of carbonyl (C=O) groups is 1. The summed E-state index contributed by atoms with van der Waals surface area (Å²) in [7, 11) is 2.13. The zero-order valence-corrected chi connectivity index (χ0v) is 14.3. The molecule has 126 valence electrons. The van der Waals surface area contributed by atoms with Crippen LogP contribution < -0.4 is 10.2 Å². The lowest BCUT2D eigenvalue weighted by molar-refractivity contribution is 0.178. The number of hydrogen-bond acceptors (Lipinski definition) is 4. The van der Waals surface area contributed by atoms with Crippen molar-refractivity contribution in [2.75, 3.05) is 51.2 Å². The van der Waals surface area contributed by atoms with Crippen LogP contribution in [0.4, 0.5) is 10.6 Å². The Morgan fingerprint density at radius 1 is 1.17 bits per heavy atom. The molecule has 0 unspecified atom stereocenters. The third kappa shape index (κ3) is 4.26. The molecule has 2 saturated heterocycles. The zero-order valence-electron chi connectivity index (χ0n) is 13.5. The maximum absolute atomic E-state index is 12.4. The number of piperidine rings is 1. The molecule has 1 aromatic rings. The van der Waals surface area contributed by atoms with E-state index in [-0.39, 0.29) is 6.03 Å². The monoisotopic (exact) mass is 337 g/mol. The van der Waals surface area contributed by atoms with Gasteiger partial charge in [0, 0.05) is 38.4 Å². The van der Waals surface area contributed by atoms with Crippen LogP contribution in [0.5, 0.6) is 0 Å². The van der Waals surface area contributed by atoms with Crippen molar-refractivity contribution in [3.63, 3.8) is 0 Å². The van der Waals surface area contributed by atoms with Gasteiger partial charge in [0.25, 0.3) is 0 Å². The van der Waals surface area contributed by atoms with Gasteiger partial charge in [-0.3, -0.25) is 0 Å². The van der Waals surface area contributed by atoms with Gasteiger partial charge >= 0.3 is 6.03 Å². The lowest BCUT2D eigenvalue weighted by Crippen LogP contribution is -2.54. The molecule has 0 radical (unpaired) electrons. The van der Waals surface area contributed by atoms with Gasteiger partial charge in [0.05, 0.1) is 5.02 Å². The second kappa shape index (κ2) is 7.36. The van der Waals surface area contributed by atoms with Crippen LogP contribution in [0.2, 0.25) is 5.02 Å². The summed E-state index contributed by atoms with van der Waals surface area (Å²) in [5, 5.41) is 3.82. The van der Waals surface area contributed by atoms with Gasteiger partial charge in [-0.05, 0) is 45.1 Å². The summed E-state index contributed by atoms with van der Waals surface area (Å²) in [6, 6.07) is 4.16. The smallest absolute Gasteiger partial charge is 0.317 e. The Balaban J connectivity index is 1.46. The van der Waals surface area contributed by atoms with E-state index < -0.39 is 0 Å². The Hall–Kier alpha value is -1.53. The number of anilines is 1. The lowest BCUT2D eigenvalue weighted by atomic mass is 10.1. The maximum Gasteiger partial charge on any atom is 0.317 e. The van der Waals surface area contributed by atoms with E-state index in [0.29, 0.717) is 11.1 Å². The minimum absolute atomic E-state index is 0.0725. The predicted octanol–water partition coefficient (Wildman–Crippen LogP) is 1.66. The molecule has 0 atom stereocenters. The molecule has 1 aromatic heterocycles. The molecular weight excluding hydrogens is 314 g/mol. The van der Waals surface area contributed by atoms with E-state index in [4.69, 9.17) is 11.6 Å². The highest BCUT2D eigenvalue weighted by molar-refractivity contribution is 6.30. The van der Waals surface area contributed by atoms with Crippen LogP contribution in [0, 0.1) is 0 Å². The van der Waals surface area contributed by atoms with Gasteiger partial charge in [0.1, 0.15) is 5.82 Å². The molecule has 0 spiro atoms. The number of carbonyl (C=O) groups excluding carboxylic acids is 1. The van der Waals surface area contributed by atoms with Crippen LogP contribution in [0.1, 0.15) is 12.8 Å². The number of amides is 2. The molecule has 0 aromatic carbocycles. The molecule has 3 heterocycles. The Morgan fingerprint density at radius 2 is 1.87 bits per heavy atom. The molecule has 6 nitrogen and oxygen atoms in total. The van der Waals surface area contributed by atoms with Crippen LogP contribution in [-0.4, -0.2) is 73.2 Å². The zero-order chi connectivity index (χ0) is 16.2. The van der Waals surface area contributed by atoms with Crippen LogP contribution >= 0.6 is 11.6 Å². The van der Waals surface area contributed by atoms with Gasteiger partial charge in [0.15, 0.2) is 0 Å². The molecule has 2 aliphatic rings. The highest BCUT2D eigenvalue weighted by Gasteiger charge is 2.25. The molecule has 0 bridgehead atoms. The molecule has 23 heavy (non-hydrogen) atoms. The number of likely N-dealkylation sites (tertiary alicyclic amines) is 1. The number of aromatic nitrogens is 1. The van der Waals surface area contributed by atoms with E-state index in [1.165, 1.54) is 0 Å². The molecule has 3 rings (SSSR count). The first-order valence-corrected chi connectivity index (χ1v) is 8.60. The van der Waals surface area contributed by atoms with Crippen molar-refractivity contribution in [2.45, 2.75) is 18.9 Å². The third-order valence-corrected chi connectivity index (χ3v) is 4.87.